The number of benzene rings is 1. The monoisotopic (exact) mass is 396 g/mol. The lowest BCUT2D eigenvalue weighted by Gasteiger charge is -2.13. The van der Waals surface area contributed by atoms with Gasteiger partial charge in [-0.3, -0.25) is 10.1 Å². The van der Waals surface area contributed by atoms with Gasteiger partial charge in [-0.1, -0.05) is 23.1 Å². The van der Waals surface area contributed by atoms with Crippen molar-refractivity contribution in [1.82, 2.24) is 15.5 Å². The van der Waals surface area contributed by atoms with Crippen LogP contribution in [0.1, 0.15) is 18.9 Å². The number of urea groups is 1. The molecule has 0 saturated carbocycles. The van der Waals surface area contributed by atoms with E-state index in [1.54, 1.807) is 18.2 Å². The topological polar surface area (TPSA) is 102 Å². The number of hydrogen-bond donors (Lipinski definition) is 2. The number of ether oxygens (including phenoxy) is 2. The molecule has 0 aliphatic rings. The number of thioether (sulfide) groups is 1. The van der Waals surface area contributed by atoms with Crippen LogP contribution in [0.5, 0.6) is 11.5 Å². The summed E-state index contributed by atoms with van der Waals surface area (Å²) in [5.74, 6) is 0.785. The number of imide groups is 1. The van der Waals surface area contributed by atoms with Crippen molar-refractivity contribution >= 4 is 40.7 Å². The van der Waals surface area contributed by atoms with Crippen LogP contribution in [0.15, 0.2) is 22.5 Å². The maximum absolute atomic E-state index is 12.0. The second-order valence-electron chi connectivity index (χ2n) is 4.91. The highest BCUT2D eigenvalue weighted by Gasteiger charge is 2.12. The summed E-state index contributed by atoms with van der Waals surface area (Å²) in [7, 11) is 0. The molecule has 0 aliphatic heterocycles. The molecule has 1 aromatic heterocycles. The molecular formula is C16H20N4O4S2. The van der Waals surface area contributed by atoms with Gasteiger partial charge in [-0.15, -0.1) is 10.2 Å². The van der Waals surface area contributed by atoms with Crippen LogP contribution < -0.4 is 20.1 Å². The summed E-state index contributed by atoms with van der Waals surface area (Å²) in [5, 5.41) is 13.5. The molecule has 0 fully saturated rings. The summed E-state index contributed by atoms with van der Waals surface area (Å²) in [6, 6.07) is 4.42. The number of nitrogens with zero attached hydrogens (tertiary/aromatic N) is 2. The number of nitrogens with one attached hydrogen (secondary N) is 2. The third kappa shape index (κ3) is 6.19. The van der Waals surface area contributed by atoms with Crippen molar-refractivity contribution in [1.29, 1.82) is 0 Å². The Hall–Kier alpha value is -2.33. The molecule has 2 rings (SSSR count). The minimum Gasteiger partial charge on any atom is -0.490 e. The van der Waals surface area contributed by atoms with E-state index < -0.39 is 11.9 Å². The molecule has 0 aliphatic carbocycles. The predicted molar refractivity (Wildman–Crippen MR) is 101 cm³/mol. The molecule has 1 aromatic carbocycles. The molecule has 2 aromatic rings. The first-order valence-electron chi connectivity index (χ1n) is 7.95. The van der Waals surface area contributed by atoms with Crippen LogP contribution in [-0.2, 0) is 4.79 Å². The van der Waals surface area contributed by atoms with E-state index in [0.29, 0.717) is 34.7 Å². The van der Waals surface area contributed by atoms with E-state index >= 15 is 0 Å². The summed E-state index contributed by atoms with van der Waals surface area (Å²) in [6.07, 6.45) is 0. The van der Waals surface area contributed by atoms with Gasteiger partial charge in [0.05, 0.1) is 19.0 Å². The van der Waals surface area contributed by atoms with Crippen molar-refractivity contribution in [3.8, 4) is 11.5 Å². The van der Waals surface area contributed by atoms with E-state index in [0.717, 1.165) is 5.01 Å². The summed E-state index contributed by atoms with van der Waals surface area (Å²) in [5.41, 5.74) is 0.495. The number of rotatable bonds is 8. The zero-order chi connectivity index (χ0) is 18.9. The van der Waals surface area contributed by atoms with Crippen molar-refractivity contribution in [2.75, 3.05) is 24.3 Å². The fourth-order valence-corrected chi connectivity index (χ4v) is 3.53. The van der Waals surface area contributed by atoms with Crippen molar-refractivity contribution in [2.24, 2.45) is 0 Å². The molecule has 0 bridgehead atoms. The van der Waals surface area contributed by atoms with Crippen LogP contribution in [0.4, 0.5) is 10.5 Å². The Morgan fingerprint density at radius 1 is 1.15 bits per heavy atom. The standard InChI is InChI=1S/C16H20N4O4S2/c1-4-23-12-7-6-11(8-13(12)24-5-2)17-15(22)18-14(21)9-25-16-20-19-10(3)26-16/h6-8H,4-5,9H2,1-3H3,(H2,17,18,21,22). The van der Waals surface area contributed by atoms with E-state index in [4.69, 9.17) is 9.47 Å². The van der Waals surface area contributed by atoms with Gasteiger partial charge < -0.3 is 14.8 Å². The van der Waals surface area contributed by atoms with Crippen LogP contribution in [0.3, 0.4) is 0 Å². The van der Waals surface area contributed by atoms with Crippen molar-refractivity contribution in [2.45, 2.75) is 25.1 Å². The minimum absolute atomic E-state index is 0.0789. The Labute approximate surface area is 159 Å². The molecular weight excluding hydrogens is 376 g/mol. The average molecular weight is 396 g/mol. The zero-order valence-electron chi connectivity index (χ0n) is 14.7. The van der Waals surface area contributed by atoms with Crippen molar-refractivity contribution in [3.05, 3.63) is 23.2 Å². The Morgan fingerprint density at radius 2 is 1.88 bits per heavy atom. The molecule has 10 heteroatoms. The van der Waals surface area contributed by atoms with E-state index in [1.807, 2.05) is 20.8 Å². The smallest absolute Gasteiger partial charge is 0.325 e. The lowest BCUT2D eigenvalue weighted by Crippen LogP contribution is -2.35. The zero-order valence-corrected chi connectivity index (χ0v) is 16.3. The quantitative estimate of drug-likeness (QED) is 0.661. The Balaban J connectivity index is 1.87. The number of amides is 3. The second-order valence-corrected chi connectivity index (χ2v) is 7.31. The molecule has 3 amide bonds. The molecule has 2 N–H and O–H groups in total. The molecule has 0 radical (unpaired) electrons. The van der Waals surface area contributed by atoms with Gasteiger partial charge in [0.15, 0.2) is 15.8 Å². The molecule has 0 atom stereocenters. The lowest BCUT2D eigenvalue weighted by molar-refractivity contribution is -0.117. The van der Waals surface area contributed by atoms with Crippen LogP contribution in [-0.4, -0.2) is 41.1 Å². The molecule has 1 heterocycles. The highest BCUT2D eigenvalue weighted by atomic mass is 32.2. The fraction of sp³-hybridized carbons (Fsp3) is 0.375. The average Bonchev–Trinajstić information content (AvgIpc) is 3.01. The largest absolute Gasteiger partial charge is 0.490 e. The molecule has 0 unspecified atom stereocenters. The first kappa shape index (κ1) is 20.0. The molecule has 8 nitrogen and oxygen atoms in total. The third-order valence-electron chi connectivity index (χ3n) is 2.89. The Bertz CT molecular complexity index is 766. The van der Waals surface area contributed by atoms with Gasteiger partial charge in [0.2, 0.25) is 5.91 Å². The van der Waals surface area contributed by atoms with E-state index in [2.05, 4.69) is 20.8 Å². The fourth-order valence-electron chi connectivity index (χ4n) is 1.92. The van der Waals surface area contributed by atoms with Gasteiger partial charge in [0.1, 0.15) is 5.01 Å². The number of aryl methyl sites for hydroxylation is 1. The van der Waals surface area contributed by atoms with Crippen molar-refractivity contribution in [3.63, 3.8) is 0 Å². The van der Waals surface area contributed by atoms with Gasteiger partial charge in [-0.25, -0.2) is 4.79 Å². The van der Waals surface area contributed by atoms with Gasteiger partial charge in [-0.2, -0.15) is 0 Å². The minimum atomic E-state index is -0.615. The van der Waals surface area contributed by atoms with Crippen LogP contribution >= 0.6 is 23.1 Å². The first-order valence-corrected chi connectivity index (χ1v) is 9.75. The summed E-state index contributed by atoms with van der Waals surface area (Å²) < 4.78 is 11.7. The van der Waals surface area contributed by atoms with Gasteiger partial charge >= 0.3 is 6.03 Å². The molecule has 26 heavy (non-hydrogen) atoms. The second kappa shape index (κ2) is 9.97. The SMILES string of the molecule is CCOc1ccc(NC(=O)NC(=O)CSc2nnc(C)s2)cc1OCC. The van der Waals surface area contributed by atoms with Gasteiger partial charge in [0.25, 0.3) is 0 Å². The first-order chi connectivity index (χ1) is 12.5. The van der Waals surface area contributed by atoms with Crippen molar-refractivity contribution < 1.29 is 19.1 Å². The normalized spacial score (nSPS) is 10.3. The van der Waals surface area contributed by atoms with E-state index in [-0.39, 0.29) is 5.75 Å². The number of aromatic nitrogens is 2. The van der Waals surface area contributed by atoms with Gasteiger partial charge in [0, 0.05) is 11.8 Å². The number of carbonyl (C=O) groups excluding carboxylic acids is 2. The predicted octanol–water partition coefficient (Wildman–Crippen LogP) is 3.08. The maximum atomic E-state index is 12.0. The third-order valence-corrected chi connectivity index (χ3v) is 4.86. The molecule has 0 saturated heterocycles. The van der Waals surface area contributed by atoms with E-state index in [1.165, 1.54) is 23.1 Å². The molecule has 0 spiro atoms. The van der Waals surface area contributed by atoms with E-state index in [9.17, 15) is 9.59 Å². The Morgan fingerprint density at radius 3 is 2.54 bits per heavy atom. The van der Waals surface area contributed by atoms with Gasteiger partial charge in [-0.05, 0) is 32.9 Å². The number of hydrogen-bond acceptors (Lipinski definition) is 8. The summed E-state index contributed by atoms with van der Waals surface area (Å²) in [6.45, 7) is 6.55. The Kier molecular flexibility index (Phi) is 7.67. The maximum Gasteiger partial charge on any atom is 0.325 e. The van der Waals surface area contributed by atoms with Crippen LogP contribution in [0.2, 0.25) is 0 Å². The number of anilines is 1. The summed E-state index contributed by atoms with van der Waals surface area (Å²) >= 11 is 2.63. The lowest BCUT2D eigenvalue weighted by atomic mass is 10.2. The summed E-state index contributed by atoms with van der Waals surface area (Å²) in [4.78, 5) is 23.8. The highest BCUT2D eigenvalue weighted by Crippen LogP contribution is 2.30. The highest BCUT2D eigenvalue weighted by molar-refractivity contribution is 8.01. The number of carbonyl (C=O) groups is 2. The van der Waals surface area contributed by atoms with Crippen LogP contribution in [0.25, 0.3) is 0 Å². The van der Waals surface area contributed by atoms with Crippen LogP contribution in [0, 0.1) is 6.92 Å². The molecule has 140 valence electrons.